The van der Waals surface area contributed by atoms with E-state index in [-0.39, 0.29) is 0 Å². The minimum atomic E-state index is 0.856. The SMILES string of the molecule is CCCNc1cccc(NCCN2CCOCC2)n1. The standard InChI is InChI=1S/C14H24N4O/c1-2-6-15-13-4-3-5-14(17-13)16-7-8-18-9-11-19-12-10-18/h3-5H,2,6-12H2,1H3,(H2,15,16,17). The molecular weight excluding hydrogens is 240 g/mol. The van der Waals surface area contributed by atoms with Gasteiger partial charge in [-0.25, -0.2) is 4.98 Å². The maximum Gasteiger partial charge on any atom is 0.128 e. The van der Waals surface area contributed by atoms with Crippen LogP contribution in [0, 0.1) is 0 Å². The van der Waals surface area contributed by atoms with E-state index >= 15 is 0 Å². The van der Waals surface area contributed by atoms with Gasteiger partial charge in [-0.3, -0.25) is 4.90 Å². The molecule has 2 rings (SSSR count). The minimum Gasteiger partial charge on any atom is -0.379 e. The maximum absolute atomic E-state index is 5.33. The highest BCUT2D eigenvalue weighted by Crippen LogP contribution is 2.09. The Morgan fingerprint density at radius 3 is 2.53 bits per heavy atom. The summed E-state index contributed by atoms with van der Waals surface area (Å²) >= 11 is 0. The molecule has 0 saturated carbocycles. The normalized spacial score (nSPS) is 16.3. The molecule has 0 unspecified atom stereocenters. The lowest BCUT2D eigenvalue weighted by Crippen LogP contribution is -2.39. The number of hydrogen-bond acceptors (Lipinski definition) is 5. The Bertz CT molecular complexity index is 366. The van der Waals surface area contributed by atoms with Crippen LogP contribution in [0.1, 0.15) is 13.3 Å². The van der Waals surface area contributed by atoms with Crippen LogP contribution < -0.4 is 10.6 Å². The Balaban J connectivity index is 1.72. The molecule has 0 atom stereocenters. The summed E-state index contributed by atoms with van der Waals surface area (Å²) in [7, 11) is 0. The van der Waals surface area contributed by atoms with Gasteiger partial charge in [0.25, 0.3) is 0 Å². The molecular formula is C14H24N4O. The van der Waals surface area contributed by atoms with E-state index in [1.54, 1.807) is 0 Å². The van der Waals surface area contributed by atoms with E-state index in [4.69, 9.17) is 4.74 Å². The van der Waals surface area contributed by atoms with Gasteiger partial charge < -0.3 is 15.4 Å². The van der Waals surface area contributed by atoms with Gasteiger partial charge in [-0.1, -0.05) is 13.0 Å². The van der Waals surface area contributed by atoms with Gasteiger partial charge in [0.15, 0.2) is 0 Å². The van der Waals surface area contributed by atoms with E-state index in [1.165, 1.54) is 0 Å². The highest BCUT2D eigenvalue weighted by Gasteiger charge is 2.09. The summed E-state index contributed by atoms with van der Waals surface area (Å²) in [6.07, 6.45) is 1.11. The van der Waals surface area contributed by atoms with E-state index in [0.29, 0.717) is 0 Å². The number of ether oxygens (including phenoxy) is 1. The molecule has 1 aliphatic rings. The van der Waals surface area contributed by atoms with Crippen LogP contribution in [0.15, 0.2) is 18.2 Å². The zero-order chi connectivity index (χ0) is 13.3. The summed E-state index contributed by atoms with van der Waals surface area (Å²) in [4.78, 5) is 6.94. The van der Waals surface area contributed by atoms with Crippen molar-refractivity contribution in [2.75, 3.05) is 56.6 Å². The van der Waals surface area contributed by atoms with Gasteiger partial charge in [-0.2, -0.15) is 0 Å². The van der Waals surface area contributed by atoms with Crippen molar-refractivity contribution in [3.8, 4) is 0 Å². The van der Waals surface area contributed by atoms with Crippen LogP contribution in [-0.2, 0) is 4.74 Å². The Hall–Kier alpha value is -1.33. The number of morpholine rings is 1. The van der Waals surface area contributed by atoms with Crippen molar-refractivity contribution >= 4 is 11.6 Å². The van der Waals surface area contributed by atoms with Crippen molar-refractivity contribution < 1.29 is 4.74 Å². The van der Waals surface area contributed by atoms with Crippen LogP contribution in [0.2, 0.25) is 0 Å². The number of aromatic nitrogens is 1. The molecule has 0 amide bonds. The molecule has 1 aromatic heterocycles. The van der Waals surface area contributed by atoms with Gasteiger partial charge >= 0.3 is 0 Å². The van der Waals surface area contributed by atoms with Gasteiger partial charge in [0.05, 0.1) is 13.2 Å². The zero-order valence-corrected chi connectivity index (χ0v) is 11.7. The molecule has 0 aromatic carbocycles. The number of rotatable bonds is 7. The quantitative estimate of drug-likeness (QED) is 0.784. The second kappa shape index (κ2) is 7.96. The Kier molecular flexibility index (Phi) is 5.91. The molecule has 5 heteroatoms. The third-order valence-corrected chi connectivity index (χ3v) is 3.14. The van der Waals surface area contributed by atoms with Gasteiger partial charge in [-0.15, -0.1) is 0 Å². The fourth-order valence-corrected chi connectivity index (χ4v) is 2.05. The fraction of sp³-hybridized carbons (Fsp3) is 0.643. The van der Waals surface area contributed by atoms with E-state index in [9.17, 15) is 0 Å². The molecule has 0 spiro atoms. The molecule has 1 fully saturated rings. The van der Waals surface area contributed by atoms with Crippen LogP contribution >= 0.6 is 0 Å². The van der Waals surface area contributed by atoms with E-state index in [0.717, 1.165) is 64.0 Å². The minimum absolute atomic E-state index is 0.856. The first-order valence-corrected chi connectivity index (χ1v) is 7.13. The first kappa shape index (κ1) is 14.1. The molecule has 0 radical (unpaired) electrons. The van der Waals surface area contributed by atoms with Gasteiger partial charge in [0.1, 0.15) is 11.6 Å². The van der Waals surface area contributed by atoms with Gasteiger partial charge in [-0.05, 0) is 18.6 Å². The highest BCUT2D eigenvalue weighted by molar-refractivity contribution is 5.44. The number of pyridine rings is 1. The predicted octanol–water partition coefficient (Wildman–Crippen LogP) is 1.65. The number of nitrogens with one attached hydrogen (secondary N) is 2. The number of anilines is 2. The first-order chi connectivity index (χ1) is 9.38. The number of hydrogen-bond donors (Lipinski definition) is 2. The molecule has 0 bridgehead atoms. The summed E-state index contributed by atoms with van der Waals surface area (Å²) in [5.41, 5.74) is 0. The third-order valence-electron chi connectivity index (χ3n) is 3.14. The second-order valence-electron chi connectivity index (χ2n) is 4.72. The molecule has 1 saturated heterocycles. The lowest BCUT2D eigenvalue weighted by molar-refractivity contribution is 0.0398. The van der Waals surface area contributed by atoms with Crippen LogP contribution in [0.5, 0.6) is 0 Å². The summed E-state index contributed by atoms with van der Waals surface area (Å²) in [6.45, 7) is 8.85. The summed E-state index contributed by atoms with van der Waals surface area (Å²) < 4.78 is 5.33. The number of nitrogens with zero attached hydrogens (tertiary/aromatic N) is 2. The zero-order valence-electron chi connectivity index (χ0n) is 11.7. The molecule has 1 aromatic rings. The lowest BCUT2D eigenvalue weighted by Gasteiger charge is -2.26. The predicted molar refractivity (Wildman–Crippen MR) is 78.8 cm³/mol. The van der Waals surface area contributed by atoms with Crippen molar-refractivity contribution in [2.24, 2.45) is 0 Å². The third kappa shape index (κ3) is 5.04. The highest BCUT2D eigenvalue weighted by atomic mass is 16.5. The molecule has 1 aliphatic heterocycles. The summed E-state index contributed by atoms with van der Waals surface area (Å²) in [6, 6.07) is 6.04. The Morgan fingerprint density at radius 1 is 1.16 bits per heavy atom. The van der Waals surface area contributed by atoms with Crippen molar-refractivity contribution in [1.29, 1.82) is 0 Å². The average molecular weight is 264 g/mol. The van der Waals surface area contributed by atoms with E-state index in [1.807, 2.05) is 18.2 Å². The van der Waals surface area contributed by atoms with Crippen molar-refractivity contribution in [1.82, 2.24) is 9.88 Å². The lowest BCUT2D eigenvalue weighted by atomic mass is 10.4. The van der Waals surface area contributed by atoms with Crippen molar-refractivity contribution in [2.45, 2.75) is 13.3 Å². The van der Waals surface area contributed by atoms with Gasteiger partial charge in [0.2, 0.25) is 0 Å². The smallest absolute Gasteiger partial charge is 0.128 e. The molecule has 2 N–H and O–H groups in total. The Morgan fingerprint density at radius 2 is 1.84 bits per heavy atom. The van der Waals surface area contributed by atoms with E-state index in [2.05, 4.69) is 27.4 Å². The largest absolute Gasteiger partial charge is 0.379 e. The molecule has 5 nitrogen and oxygen atoms in total. The maximum atomic E-state index is 5.33. The second-order valence-corrected chi connectivity index (χ2v) is 4.72. The van der Waals surface area contributed by atoms with Crippen molar-refractivity contribution in [3.63, 3.8) is 0 Å². The van der Waals surface area contributed by atoms with Crippen LogP contribution in [-0.4, -0.2) is 55.8 Å². The van der Waals surface area contributed by atoms with Crippen LogP contribution in [0.4, 0.5) is 11.6 Å². The topological polar surface area (TPSA) is 49.4 Å². The fourth-order valence-electron chi connectivity index (χ4n) is 2.05. The van der Waals surface area contributed by atoms with Crippen LogP contribution in [0.25, 0.3) is 0 Å². The first-order valence-electron chi connectivity index (χ1n) is 7.13. The Labute approximate surface area is 115 Å². The van der Waals surface area contributed by atoms with Crippen molar-refractivity contribution in [3.05, 3.63) is 18.2 Å². The monoisotopic (exact) mass is 264 g/mol. The van der Waals surface area contributed by atoms with Gasteiger partial charge in [0, 0.05) is 32.7 Å². The van der Waals surface area contributed by atoms with E-state index < -0.39 is 0 Å². The summed E-state index contributed by atoms with van der Waals surface area (Å²) in [5.74, 6) is 1.88. The molecule has 0 aliphatic carbocycles. The molecule has 2 heterocycles. The molecule has 106 valence electrons. The summed E-state index contributed by atoms with van der Waals surface area (Å²) in [5, 5.41) is 6.67. The molecule has 19 heavy (non-hydrogen) atoms. The van der Waals surface area contributed by atoms with Crippen LogP contribution in [0.3, 0.4) is 0 Å². The average Bonchev–Trinajstić information content (AvgIpc) is 2.47.